The Balaban J connectivity index is 1.27. The van der Waals surface area contributed by atoms with E-state index in [9.17, 15) is 28.3 Å². The summed E-state index contributed by atoms with van der Waals surface area (Å²) >= 11 is 0. The number of likely N-dealkylation sites (tertiary alicyclic amines) is 2. The predicted octanol–water partition coefficient (Wildman–Crippen LogP) is 5.18. The zero-order valence-electron chi connectivity index (χ0n) is 21.2. The Hall–Kier alpha value is -4.07. The maximum absolute atomic E-state index is 15.0. The number of benzene rings is 3. The molecule has 8 heteroatoms. The van der Waals surface area contributed by atoms with E-state index in [0.29, 0.717) is 54.0 Å². The molecule has 2 amide bonds. The van der Waals surface area contributed by atoms with Gasteiger partial charge in [-0.15, -0.1) is 0 Å². The summed E-state index contributed by atoms with van der Waals surface area (Å²) in [6.07, 6.45) is 0.733. The quantitative estimate of drug-likeness (QED) is 0.516. The van der Waals surface area contributed by atoms with Crippen molar-refractivity contribution in [3.8, 4) is 11.1 Å². The zero-order valence-corrected chi connectivity index (χ0v) is 21.2. The van der Waals surface area contributed by atoms with Crippen LogP contribution in [0.15, 0.2) is 54.6 Å². The third kappa shape index (κ3) is 4.78. The maximum Gasteiger partial charge on any atom is 0.336 e. The van der Waals surface area contributed by atoms with Gasteiger partial charge in [-0.25, -0.2) is 13.6 Å². The van der Waals surface area contributed by atoms with Crippen LogP contribution in [0.5, 0.6) is 0 Å². The van der Waals surface area contributed by atoms with Gasteiger partial charge < -0.3 is 14.9 Å². The molecule has 3 aromatic rings. The van der Waals surface area contributed by atoms with Crippen LogP contribution in [0.4, 0.5) is 8.78 Å². The number of hydrogen-bond donors (Lipinski definition) is 1. The molecule has 1 N–H and O–H groups in total. The molecule has 2 fully saturated rings. The molecular weight excluding hydrogens is 490 g/mol. The second kappa shape index (κ2) is 10.0. The van der Waals surface area contributed by atoms with Crippen LogP contribution < -0.4 is 0 Å². The number of hydrogen-bond acceptors (Lipinski definition) is 3. The number of amides is 2. The van der Waals surface area contributed by atoms with Gasteiger partial charge in [-0.05, 0) is 90.8 Å². The highest BCUT2D eigenvalue weighted by molar-refractivity contribution is 5.98. The molecule has 0 saturated carbocycles. The molecule has 2 aliphatic heterocycles. The summed E-state index contributed by atoms with van der Waals surface area (Å²) in [6.45, 7) is 5.34. The highest BCUT2D eigenvalue weighted by Gasteiger charge is 2.40. The number of carbonyl (C=O) groups is 3. The number of carbonyl (C=O) groups excluding carboxylic acids is 2. The van der Waals surface area contributed by atoms with Crippen LogP contribution in [-0.2, 0) is 0 Å². The lowest BCUT2D eigenvalue weighted by atomic mass is 9.88. The van der Waals surface area contributed by atoms with Gasteiger partial charge in [-0.3, -0.25) is 9.59 Å². The highest BCUT2D eigenvalue weighted by Crippen LogP contribution is 2.33. The van der Waals surface area contributed by atoms with Crippen molar-refractivity contribution < 1.29 is 28.3 Å². The maximum atomic E-state index is 15.0. The van der Waals surface area contributed by atoms with E-state index in [1.54, 1.807) is 54.0 Å². The third-order valence-electron chi connectivity index (χ3n) is 7.75. The average Bonchev–Trinajstić information content (AvgIpc) is 3.31. The summed E-state index contributed by atoms with van der Waals surface area (Å²) in [6, 6.07) is 13.4. The molecule has 5 rings (SSSR count). The normalized spacial score (nSPS) is 18.8. The fourth-order valence-electron chi connectivity index (χ4n) is 5.81. The standard InChI is InChI=1S/C30H28F2N2O4/c1-17-11-22(12-18(2)27(17)30(37)38)28(35)33-10-9-21-14-34(16-23(21)15-33)29(36)25-8-5-20(13-26(25)32)19-3-6-24(31)7-4-19/h3-8,11-13,21,23H,9-10,14-16H2,1-2H3,(H,37,38)/t21-,23+/m1/s1. The van der Waals surface area contributed by atoms with Gasteiger partial charge in [0.2, 0.25) is 0 Å². The molecule has 38 heavy (non-hydrogen) atoms. The average molecular weight is 519 g/mol. The molecule has 3 aromatic carbocycles. The first-order valence-electron chi connectivity index (χ1n) is 12.6. The minimum atomic E-state index is -1.02. The van der Waals surface area contributed by atoms with E-state index in [1.165, 1.54) is 24.3 Å². The summed E-state index contributed by atoms with van der Waals surface area (Å²) in [5, 5.41) is 9.41. The van der Waals surface area contributed by atoms with Crippen molar-refractivity contribution in [3.63, 3.8) is 0 Å². The van der Waals surface area contributed by atoms with Gasteiger partial charge in [0.05, 0.1) is 11.1 Å². The molecule has 0 aliphatic carbocycles. The number of carboxylic acid groups (broad SMARTS) is 1. The van der Waals surface area contributed by atoms with Crippen molar-refractivity contribution in [2.45, 2.75) is 20.3 Å². The minimum absolute atomic E-state index is 0.00749. The fourth-order valence-corrected chi connectivity index (χ4v) is 5.81. The van der Waals surface area contributed by atoms with E-state index in [1.807, 2.05) is 0 Å². The Kier molecular flexibility index (Phi) is 6.73. The number of piperidine rings is 1. The van der Waals surface area contributed by atoms with Crippen molar-refractivity contribution in [2.75, 3.05) is 26.2 Å². The van der Waals surface area contributed by atoms with Gasteiger partial charge in [-0.1, -0.05) is 18.2 Å². The Morgan fingerprint density at radius 2 is 1.39 bits per heavy atom. The van der Waals surface area contributed by atoms with Gasteiger partial charge in [-0.2, -0.15) is 0 Å². The smallest absolute Gasteiger partial charge is 0.336 e. The van der Waals surface area contributed by atoms with Crippen LogP contribution in [0.3, 0.4) is 0 Å². The van der Waals surface area contributed by atoms with Crippen molar-refractivity contribution in [2.24, 2.45) is 11.8 Å². The fraction of sp³-hybridized carbons (Fsp3) is 0.300. The SMILES string of the molecule is Cc1cc(C(=O)N2CC[C@@H]3CN(C(=O)c4ccc(-c5ccc(F)cc5)cc4F)C[C@@H]3C2)cc(C)c1C(=O)O. The number of aryl methyl sites for hydroxylation is 2. The second-order valence-electron chi connectivity index (χ2n) is 10.3. The van der Waals surface area contributed by atoms with Gasteiger partial charge >= 0.3 is 5.97 Å². The molecule has 0 unspecified atom stereocenters. The zero-order chi connectivity index (χ0) is 27.1. The van der Waals surface area contributed by atoms with Gasteiger partial charge in [0.25, 0.3) is 11.8 Å². The molecule has 6 nitrogen and oxygen atoms in total. The molecule has 2 atom stereocenters. The molecule has 0 radical (unpaired) electrons. The second-order valence-corrected chi connectivity index (χ2v) is 10.3. The van der Waals surface area contributed by atoms with E-state index >= 15 is 0 Å². The highest BCUT2D eigenvalue weighted by atomic mass is 19.1. The lowest BCUT2D eigenvalue weighted by Crippen LogP contribution is -2.43. The minimum Gasteiger partial charge on any atom is -0.478 e. The number of carboxylic acids is 1. The summed E-state index contributed by atoms with van der Waals surface area (Å²) in [4.78, 5) is 41.4. The molecule has 0 aromatic heterocycles. The van der Waals surface area contributed by atoms with Crippen molar-refractivity contribution in [1.29, 1.82) is 0 Å². The number of fused-ring (bicyclic) bond motifs is 1. The van der Waals surface area contributed by atoms with Crippen LogP contribution in [-0.4, -0.2) is 58.9 Å². The third-order valence-corrected chi connectivity index (χ3v) is 7.75. The number of aromatic carboxylic acids is 1. The first-order valence-corrected chi connectivity index (χ1v) is 12.6. The predicted molar refractivity (Wildman–Crippen MR) is 138 cm³/mol. The molecule has 196 valence electrons. The van der Waals surface area contributed by atoms with Gasteiger partial charge in [0.1, 0.15) is 11.6 Å². The van der Waals surface area contributed by atoms with Gasteiger partial charge in [0.15, 0.2) is 0 Å². The molecule has 0 bridgehead atoms. The first-order chi connectivity index (χ1) is 18.1. The largest absolute Gasteiger partial charge is 0.478 e. The number of nitrogens with zero attached hydrogens (tertiary/aromatic N) is 2. The molecule has 2 aliphatic rings. The Morgan fingerprint density at radius 3 is 2.03 bits per heavy atom. The van der Waals surface area contributed by atoms with E-state index in [0.717, 1.165) is 6.42 Å². The molecule has 0 spiro atoms. The van der Waals surface area contributed by atoms with Crippen molar-refractivity contribution in [1.82, 2.24) is 9.80 Å². The van der Waals surface area contributed by atoms with E-state index in [2.05, 4.69) is 0 Å². The Morgan fingerprint density at radius 1 is 0.789 bits per heavy atom. The summed E-state index contributed by atoms with van der Waals surface area (Å²) in [5.41, 5.74) is 2.96. The van der Waals surface area contributed by atoms with E-state index in [-0.39, 0.29) is 40.6 Å². The number of halogens is 2. The first kappa shape index (κ1) is 25.6. The lowest BCUT2D eigenvalue weighted by Gasteiger charge is -2.34. The van der Waals surface area contributed by atoms with Crippen molar-refractivity contribution in [3.05, 3.63) is 94.0 Å². The molecule has 2 heterocycles. The van der Waals surface area contributed by atoms with Crippen LogP contribution in [0.2, 0.25) is 0 Å². The monoisotopic (exact) mass is 518 g/mol. The van der Waals surface area contributed by atoms with E-state index in [4.69, 9.17) is 0 Å². The van der Waals surface area contributed by atoms with Crippen LogP contribution in [0.1, 0.15) is 48.6 Å². The summed E-state index contributed by atoms with van der Waals surface area (Å²) in [7, 11) is 0. The summed E-state index contributed by atoms with van der Waals surface area (Å²) < 4.78 is 28.2. The lowest BCUT2D eigenvalue weighted by molar-refractivity contribution is 0.0638. The van der Waals surface area contributed by atoms with Crippen LogP contribution in [0, 0.1) is 37.3 Å². The van der Waals surface area contributed by atoms with Gasteiger partial charge in [0, 0.05) is 31.7 Å². The summed E-state index contributed by atoms with van der Waals surface area (Å²) in [5.74, 6) is -2.25. The van der Waals surface area contributed by atoms with Crippen LogP contribution >= 0.6 is 0 Å². The van der Waals surface area contributed by atoms with E-state index < -0.39 is 11.8 Å². The number of rotatable bonds is 4. The van der Waals surface area contributed by atoms with Crippen LogP contribution in [0.25, 0.3) is 11.1 Å². The Bertz CT molecular complexity index is 1410. The Labute approximate surface area is 219 Å². The molecular formula is C30H28F2N2O4. The molecule has 2 saturated heterocycles. The topological polar surface area (TPSA) is 77.9 Å². The van der Waals surface area contributed by atoms with Crippen molar-refractivity contribution >= 4 is 17.8 Å².